The molecule has 5 nitrogen and oxygen atoms in total. The van der Waals surface area contributed by atoms with Crippen LogP contribution in [0.1, 0.15) is 34.0 Å². The first-order valence-corrected chi connectivity index (χ1v) is 10.7. The number of nitrogens with one attached hydrogen (secondary N) is 2. The second-order valence-corrected chi connectivity index (χ2v) is 7.84. The zero-order valence-electron chi connectivity index (χ0n) is 17.7. The number of carbonyl (C=O) groups excluding carboxylic acids is 2. The summed E-state index contributed by atoms with van der Waals surface area (Å²) >= 11 is 0. The highest BCUT2D eigenvalue weighted by Crippen LogP contribution is 2.29. The lowest BCUT2D eigenvalue weighted by molar-refractivity contribution is -0.114. The molecule has 3 aromatic rings. The first-order valence-electron chi connectivity index (χ1n) is 10.7. The Labute approximate surface area is 183 Å². The van der Waals surface area contributed by atoms with Crippen molar-refractivity contribution in [3.63, 3.8) is 0 Å². The highest BCUT2D eigenvalue weighted by molar-refractivity contribution is 6.02. The van der Waals surface area contributed by atoms with Crippen molar-refractivity contribution in [2.45, 2.75) is 26.3 Å². The average Bonchev–Trinajstić information content (AvgIpc) is 2.79. The molecule has 0 radical (unpaired) electrons. The molecule has 0 unspecified atom stereocenters. The van der Waals surface area contributed by atoms with Gasteiger partial charge in [0.25, 0.3) is 5.91 Å². The van der Waals surface area contributed by atoms with Crippen molar-refractivity contribution in [3.05, 3.63) is 95.1 Å². The van der Waals surface area contributed by atoms with Crippen LogP contribution < -0.4 is 15.5 Å². The molecule has 0 saturated carbocycles. The largest absolute Gasteiger partial charge is 0.366 e. The van der Waals surface area contributed by atoms with Gasteiger partial charge in [0.05, 0.1) is 5.56 Å². The number of rotatable bonds is 6. The molecule has 0 bridgehead atoms. The third-order valence-electron chi connectivity index (χ3n) is 5.57. The van der Waals surface area contributed by atoms with Gasteiger partial charge in [-0.1, -0.05) is 54.6 Å². The van der Waals surface area contributed by atoms with Crippen molar-refractivity contribution >= 4 is 23.2 Å². The van der Waals surface area contributed by atoms with Crippen molar-refractivity contribution in [2.75, 3.05) is 23.3 Å². The molecule has 3 aromatic carbocycles. The van der Waals surface area contributed by atoms with Crippen LogP contribution in [0.25, 0.3) is 0 Å². The summed E-state index contributed by atoms with van der Waals surface area (Å²) in [5.74, 6) is -0.285. The van der Waals surface area contributed by atoms with Crippen LogP contribution in [0.15, 0.2) is 72.8 Å². The first kappa shape index (κ1) is 20.7. The maximum atomic E-state index is 13.1. The van der Waals surface area contributed by atoms with Crippen molar-refractivity contribution < 1.29 is 9.59 Å². The molecular weight excluding hydrogens is 386 g/mol. The van der Waals surface area contributed by atoms with Gasteiger partial charge in [0.15, 0.2) is 0 Å². The summed E-state index contributed by atoms with van der Waals surface area (Å²) in [4.78, 5) is 26.9. The van der Waals surface area contributed by atoms with E-state index in [-0.39, 0.29) is 11.8 Å². The summed E-state index contributed by atoms with van der Waals surface area (Å²) in [7, 11) is 0. The van der Waals surface area contributed by atoms with E-state index in [0.29, 0.717) is 17.8 Å². The second kappa shape index (κ2) is 9.47. The summed E-state index contributed by atoms with van der Waals surface area (Å²) in [5, 5.41) is 5.84. The summed E-state index contributed by atoms with van der Waals surface area (Å²) in [6, 6.07) is 24.1. The maximum absolute atomic E-state index is 13.1. The normalized spacial score (nSPS) is 12.7. The number of nitrogens with zero attached hydrogens (tertiary/aromatic N) is 1. The zero-order chi connectivity index (χ0) is 21.6. The van der Waals surface area contributed by atoms with E-state index in [1.165, 1.54) is 23.6 Å². The molecule has 1 heterocycles. The average molecular weight is 414 g/mol. The second-order valence-electron chi connectivity index (χ2n) is 7.84. The van der Waals surface area contributed by atoms with Crippen molar-refractivity contribution in [2.24, 2.45) is 0 Å². The highest BCUT2D eigenvalue weighted by atomic mass is 16.2. The Bertz CT molecular complexity index is 1080. The van der Waals surface area contributed by atoms with Crippen LogP contribution in [0.3, 0.4) is 0 Å². The molecule has 0 fully saturated rings. The van der Waals surface area contributed by atoms with E-state index in [2.05, 4.69) is 51.9 Å². The van der Waals surface area contributed by atoms with Crippen molar-refractivity contribution in [1.29, 1.82) is 0 Å². The molecule has 0 aliphatic carbocycles. The fourth-order valence-electron chi connectivity index (χ4n) is 4.04. The number of fused-ring (bicyclic) bond motifs is 1. The van der Waals surface area contributed by atoms with Gasteiger partial charge in [-0.15, -0.1) is 0 Å². The van der Waals surface area contributed by atoms with E-state index >= 15 is 0 Å². The molecule has 2 amide bonds. The quantitative estimate of drug-likeness (QED) is 0.637. The van der Waals surface area contributed by atoms with Crippen LogP contribution in [0.4, 0.5) is 11.4 Å². The lowest BCUT2D eigenvalue weighted by Crippen LogP contribution is -2.33. The van der Waals surface area contributed by atoms with Crippen LogP contribution in [0.5, 0.6) is 0 Å². The molecule has 0 aromatic heterocycles. The SMILES string of the molecule is CC(=O)Nc1ccc(N2CCc3ccccc3C2)c(C(=O)NCCc2ccccc2)c1. The van der Waals surface area contributed by atoms with Gasteiger partial charge in [0.2, 0.25) is 5.91 Å². The number of carbonyl (C=O) groups is 2. The number of benzene rings is 3. The molecule has 2 N–H and O–H groups in total. The van der Waals surface area contributed by atoms with Gasteiger partial charge >= 0.3 is 0 Å². The number of amides is 2. The van der Waals surface area contributed by atoms with Crippen LogP contribution >= 0.6 is 0 Å². The van der Waals surface area contributed by atoms with Crippen LogP contribution in [0.2, 0.25) is 0 Å². The topological polar surface area (TPSA) is 61.4 Å². The van der Waals surface area contributed by atoms with E-state index in [0.717, 1.165) is 31.6 Å². The molecule has 0 atom stereocenters. The minimum Gasteiger partial charge on any atom is -0.366 e. The predicted molar refractivity (Wildman–Crippen MR) is 124 cm³/mol. The molecular formula is C26H27N3O2. The Balaban J connectivity index is 1.55. The molecule has 31 heavy (non-hydrogen) atoms. The van der Waals surface area contributed by atoms with Gasteiger partial charge < -0.3 is 15.5 Å². The summed E-state index contributed by atoms with van der Waals surface area (Å²) in [5.41, 5.74) is 5.93. The van der Waals surface area contributed by atoms with Gasteiger partial charge in [-0.05, 0) is 47.7 Å². The van der Waals surface area contributed by atoms with Crippen LogP contribution in [-0.4, -0.2) is 24.9 Å². The Morgan fingerprint density at radius 3 is 2.45 bits per heavy atom. The Kier molecular flexibility index (Phi) is 6.32. The lowest BCUT2D eigenvalue weighted by Gasteiger charge is -2.32. The number of hydrogen-bond donors (Lipinski definition) is 2. The van der Waals surface area contributed by atoms with Gasteiger partial charge in [0.1, 0.15) is 0 Å². The third kappa shape index (κ3) is 5.12. The highest BCUT2D eigenvalue weighted by Gasteiger charge is 2.21. The summed E-state index contributed by atoms with van der Waals surface area (Å²) < 4.78 is 0. The molecule has 158 valence electrons. The Morgan fingerprint density at radius 1 is 0.935 bits per heavy atom. The minimum absolute atomic E-state index is 0.128. The zero-order valence-corrected chi connectivity index (χ0v) is 17.7. The molecule has 0 saturated heterocycles. The van der Waals surface area contributed by atoms with Gasteiger partial charge in [0, 0.05) is 37.9 Å². The third-order valence-corrected chi connectivity index (χ3v) is 5.57. The smallest absolute Gasteiger partial charge is 0.253 e. The monoisotopic (exact) mass is 413 g/mol. The molecule has 1 aliphatic rings. The van der Waals surface area contributed by atoms with E-state index in [4.69, 9.17) is 0 Å². The molecule has 1 aliphatic heterocycles. The van der Waals surface area contributed by atoms with Crippen LogP contribution in [-0.2, 0) is 24.2 Å². The van der Waals surface area contributed by atoms with E-state index < -0.39 is 0 Å². The lowest BCUT2D eigenvalue weighted by atomic mass is 9.98. The Morgan fingerprint density at radius 2 is 1.68 bits per heavy atom. The molecule has 4 rings (SSSR count). The number of hydrogen-bond acceptors (Lipinski definition) is 3. The molecule has 0 spiro atoms. The van der Waals surface area contributed by atoms with Crippen molar-refractivity contribution in [3.8, 4) is 0 Å². The summed E-state index contributed by atoms with van der Waals surface area (Å²) in [6.45, 7) is 3.63. The van der Waals surface area contributed by atoms with Crippen molar-refractivity contribution in [1.82, 2.24) is 5.32 Å². The maximum Gasteiger partial charge on any atom is 0.253 e. The van der Waals surface area contributed by atoms with E-state index in [1.807, 2.05) is 30.3 Å². The van der Waals surface area contributed by atoms with E-state index in [1.54, 1.807) is 6.07 Å². The fraction of sp³-hybridized carbons (Fsp3) is 0.231. The minimum atomic E-state index is -0.157. The molecule has 5 heteroatoms. The summed E-state index contributed by atoms with van der Waals surface area (Å²) in [6.07, 6.45) is 1.71. The standard InChI is InChI=1S/C26H27N3O2/c1-19(30)28-23-11-12-25(29-16-14-21-9-5-6-10-22(21)18-29)24(17-23)26(31)27-15-13-20-7-3-2-4-8-20/h2-12,17H,13-16,18H2,1H3,(H,27,31)(H,28,30). The first-order chi connectivity index (χ1) is 15.1. The van der Waals surface area contributed by atoms with Gasteiger partial charge in [-0.3, -0.25) is 9.59 Å². The van der Waals surface area contributed by atoms with Gasteiger partial charge in [-0.25, -0.2) is 0 Å². The van der Waals surface area contributed by atoms with E-state index in [9.17, 15) is 9.59 Å². The predicted octanol–water partition coefficient (Wildman–Crippen LogP) is 4.18. The number of anilines is 2. The fourth-order valence-corrected chi connectivity index (χ4v) is 4.04. The Hall–Kier alpha value is -3.60. The van der Waals surface area contributed by atoms with Crippen LogP contribution in [0, 0.1) is 0 Å². The van der Waals surface area contributed by atoms with Gasteiger partial charge in [-0.2, -0.15) is 0 Å².